The van der Waals surface area contributed by atoms with E-state index in [-0.39, 0.29) is 58.6 Å². The van der Waals surface area contributed by atoms with E-state index in [0.29, 0.717) is 38.2 Å². The maximum absolute atomic E-state index is 13.8. The molecule has 37 heavy (non-hydrogen) atoms. The number of aliphatic hydroxyl groups is 1. The smallest absolute Gasteiger partial charge is 0.255 e. The van der Waals surface area contributed by atoms with Gasteiger partial charge in [-0.25, -0.2) is 21.6 Å². The van der Waals surface area contributed by atoms with Gasteiger partial charge in [0.2, 0.25) is 0 Å². The Morgan fingerprint density at radius 3 is 2.35 bits per heavy atom. The van der Waals surface area contributed by atoms with Crippen LogP contribution in [-0.2, 0) is 19.3 Å². The van der Waals surface area contributed by atoms with Crippen molar-refractivity contribution in [2.75, 3.05) is 25.1 Å². The van der Waals surface area contributed by atoms with Gasteiger partial charge < -0.3 is 19.9 Å². The van der Waals surface area contributed by atoms with Crippen LogP contribution in [0.15, 0.2) is 35.2 Å². The van der Waals surface area contributed by atoms with Gasteiger partial charge >= 0.3 is 0 Å². The average molecular weight is 560 g/mol. The molecule has 1 heterocycles. The maximum atomic E-state index is 13.8. The molecule has 0 aromatic heterocycles. The van der Waals surface area contributed by atoms with E-state index < -0.39 is 44.0 Å². The van der Waals surface area contributed by atoms with Gasteiger partial charge in [0.25, 0.3) is 5.91 Å². The highest BCUT2D eigenvalue weighted by Gasteiger charge is 2.54. The second-order valence-corrected chi connectivity index (χ2v) is 12.5. The molecule has 1 amide bonds. The number of fused-ring (bicyclic) bond motifs is 2. The van der Waals surface area contributed by atoms with Crippen LogP contribution in [0.2, 0.25) is 5.02 Å². The molecule has 1 saturated heterocycles. The van der Waals surface area contributed by atoms with Crippen LogP contribution in [-0.4, -0.2) is 56.2 Å². The molecule has 2 aromatic carbocycles. The van der Waals surface area contributed by atoms with Crippen molar-refractivity contribution < 1.29 is 41.0 Å². The van der Waals surface area contributed by atoms with E-state index in [2.05, 4.69) is 5.32 Å². The third kappa shape index (κ3) is 5.37. The van der Waals surface area contributed by atoms with E-state index in [9.17, 15) is 31.5 Å². The number of benzene rings is 2. The summed E-state index contributed by atoms with van der Waals surface area (Å²) < 4.78 is 78.5. The largest absolute Gasteiger partial charge is 0.387 e. The highest BCUT2D eigenvalue weighted by atomic mass is 35.5. The maximum Gasteiger partial charge on any atom is 0.255 e. The lowest BCUT2D eigenvalue weighted by atomic mass is 9.77. The molecule has 0 radical (unpaired) electrons. The summed E-state index contributed by atoms with van der Waals surface area (Å²) in [6.07, 6.45) is 1.84. The van der Waals surface area contributed by atoms with Crippen molar-refractivity contribution in [3.8, 4) is 0 Å². The van der Waals surface area contributed by atoms with Crippen molar-refractivity contribution in [3.63, 3.8) is 0 Å². The minimum Gasteiger partial charge on any atom is -0.387 e. The summed E-state index contributed by atoms with van der Waals surface area (Å²) in [6.45, 7) is 1.13. The highest BCUT2D eigenvalue weighted by Crippen LogP contribution is 2.51. The Kier molecular flexibility index (Phi) is 7.03. The van der Waals surface area contributed by atoms with Gasteiger partial charge in [0.15, 0.2) is 27.3 Å². The number of epoxide rings is 1. The van der Waals surface area contributed by atoms with Gasteiger partial charge in [0.05, 0.1) is 40.6 Å². The number of anilines is 1. The topological polar surface area (TPSA) is 105 Å². The van der Waals surface area contributed by atoms with Crippen LogP contribution in [0.5, 0.6) is 0 Å². The number of ether oxygens (including phenoxy) is 2. The summed E-state index contributed by atoms with van der Waals surface area (Å²) in [6, 6.07) is 4.91. The molecular formula is C25H25ClF3NO6S. The third-order valence-electron chi connectivity index (χ3n) is 7.30. The van der Waals surface area contributed by atoms with E-state index in [1.54, 1.807) is 0 Å². The van der Waals surface area contributed by atoms with Crippen molar-refractivity contribution in [1.82, 2.24) is 0 Å². The van der Waals surface area contributed by atoms with Crippen molar-refractivity contribution >= 4 is 33.0 Å². The van der Waals surface area contributed by atoms with E-state index in [0.717, 1.165) is 6.07 Å². The van der Waals surface area contributed by atoms with Crippen molar-refractivity contribution in [2.24, 2.45) is 11.8 Å². The fraction of sp³-hybridized carbons (Fsp3) is 0.480. The molecule has 2 bridgehead atoms. The van der Waals surface area contributed by atoms with Crippen molar-refractivity contribution in [2.45, 2.75) is 47.5 Å². The third-order valence-corrected chi connectivity index (χ3v) is 10.2. The average Bonchev–Trinajstić information content (AvgIpc) is 3.59. The molecular weight excluding hydrogens is 535 g/mol. The van der Waals surface area contributed by atoms with Gasteiger partial charge in [0, 0.05) is 23.4 Å². The summed E-state index contributed by atoms with van der Waals surface area (Å²) in [5, 5.41) is 12.5. The first-order valence-electron chi connectivity index (χ1n) is 11.9. The summed E-state index contributed by atoms with van der Waals surface area (Å²) in [5.74, 6) is -6.10. The van der Waals surface area contributed by atoms with Gasteiger partial charge in [-0.3, -0.25) is 4.79 Å². The van der Waals surface area contributed by atoms with Crippen LogP contribution in [0.25, 0.3) is 0 Å². The lowest BCUT2D eigenvalue weighted by Crippen LogP contribution is -2.48. The molecule has 7 nitrogen and oxygen atoms in total. The lowest BCUT2D eigenvalue weighted by molar-refractivity contribution is -0.0842. The van der Waals surface area contributed by atoms with Gasteiger partial charge in [-0.1, -0.05) is 11.6 Å². The number of sulfone groups is 1. The fourth-order valence-electron chi connectivity index (χ4n) is 5.65. The molecule has 3 unspecified atom stereocenters. The zero-order valence-electron chi connectivity index (χ0n) is 19.6. The van der Waals surface area contributed by atoms with Crippen molar-refractivity contribution in [1.29, 1.82) is 0 Å². The fourth-order valence-corrected chi connectivity index (χ4v) is 8.49. The zero-order chi connectivity index (χ0) is 26.5. The summed E-state index contributed by atoms with van der Waals surface area (Å²) in [7, 11) is -4.00. The number of halogens is 4. The monoisotopic (exact) mass is 559 g/mol. The first-order chi connectivity index (χ1) is 17.5. The zero-order valence-corrected chi connectivity index (χ0v) is 21.1. The highest BCUT2D eigenvalue weighted by molar-refractivity contribution is 7.92. The number of hydrogen-bond donors (Lipinski definition) is 2. The molecule has 12 heteroatoms. The lowest BCUT2D eigenvalue weighted by Gasteiger charge is -2.40. The van der Waals surface area contributed by atoms with Gasteiger partial charge in [0.1, 0.15) is 6.10 Å². The summed E-state index contributed by atoms with van der Waals surface area (Å²) >= 11 is 6.27. The normalized spacial score (nSPS) is 28.8. The molecule has 0 spiro atoms. The molecule has 2 saturated carbocycles. The van der Waals surface area contributed by atoms with Crippen LogP contribution in [0, 0.1) is 29.3 Å². The molecule has 3 fully saturated rings. The number of amides is 1. The SMILES string of the molecule is O=C(Nc1cc(F)c(F)c(F)c1)c1ccc(Cl)c(S(=O)(=O)C2C3CC[C@H]2C[C@](O)(COCC2CO2)C3)c1. The molecule has 2 aliphatic carbocycles. The second kappa shape index (κ2) is 9.85. The minimum atomic E-state index is -4.00. The van der Waals surface area contributed by atoms with Gasteiger partial charge in [-0.2, -0.15) is 0 Å². The van der Waals surface area contributed by atoms with E-state index in [1.807, 2.05) is 0 Å². The predicted molar refractivity (Wildman–Crippen MR) is 128 cm³/mol. The predicted octanol–water partition coefficient (Wildman–Crippen LogP) is 4.12. The molecule has 2 aromatic rings. The number of carbonyl (C=O) groups is 1. The van der Waals surface area contributed by atoms with E-state index >= 15 is 0 Å². The Morgan fingerprint density at radius 1 is 1.14 bits per heavy atom. The Bertz CT molecular complexity index is 1300. The van der Waals surface area contributed by atoms with Gasteiger partial charge in [-0.15, -0.1) is 0 Å². The molecule has 2 N–H and O–H groups in total. The van der Waals surface area contributed by atoms with Crippen LogP contribution in [0.4, 0.5) is 18.9 Å². The first kappa shape index (κ1) is 26.4. The Morgan fingerprint density at radius 2 is 1.76 bits per heavy atom. The standard InChI is InChI=1S/C25H25ClF3NO6S/c26-18-4-3-13(24(31)30-16-6-19(27)22(29)20(28)7-16)5-21(18)37(33,34)23-14-1-2-15(23)9-25(32,8-14)12-35-10-17-11-36-17/h3-7,14-15,17,23,32H,1-2,8-12H2,(H,30,31)/t14-,15?,17?,23?,25+/m0/s1. The summed E-state index contributed by atoms with van der Waals surface area (Å²) in [5.41, 5.74) is -1.57. The summed E-state index contributed by atoms with van der Waals surface area (Å²) in [4.78, 5) is 12.5. The van der Waals surface area contributed by atoms with Gasteiger partial charge in [-0.05, 0) is 55.7 Å². The Labute approximate surface area is 216 Å². The number of hydrogen-bond acceptors (Lipinski definition) is 6. The molecule has 200 valence electrons. The molecule has 3 aliphatic rings. The van der Waals surface area contributed by atoms with Crippen LogP contribution in [0.3, 0.4) is 0 Å². The molecule has 5 atom stereocenters. The second-order valence-electron chi connectivity index (χ2n) is 10.1. The minimum absolute atomic E-state index is 0.0600. The van der Waals surface area contributed by atoms with Crippen LogP contribution >= 0.6 is 11.6 Å². The molecule has 1 aliphatic heterocycles. The number of rotatable bonds is 8. The Hall–Kier alpha value is -2.18. The Balaban J connectivity index is 1.34. The first-order valence-corrected chi connectivity index (χ1v) is 13.8. The molecule has 5 rings (SSSR count). The van der Waals surface area contributed by atoms with Crippen LogP contribution in [0.1, 0.15) is 36.0 Å². The number of carbonyl (C=O) groups excluding carboxylic acids is 1. The number of nitrogens with one attached hydrogen (secondary N) is 1. The van der Waals surface area contributed by atoms with Crippen LogP contribution < -0.4 is 5.32 Å². The quantitative estimate of drug-likeness (QED) is 0.372. The van der Waals surface area contributed by atoms with Crippen molar-refractivity contribution in [3.05, 3.63) is 58.4 Å². The van der Waals surface area contributed by atoms with E-state index in [4.69, 9.17) is 21.1 Å². The van der Waals surface area contributed by atoms with E-state index in [1.165, 1.54) is 12.1 Å².